The summed E-state index contributed by atoms with van der Waals surface area (Å²) >= 11 is 0. The maximum atomic E-state index is 13.6. The van der Waals surface area contributed by atoms with Gasteiger partial charge in [0, 0.05) is 23.7 Å². The fraction of sp³-hybridized carbons (Fsp3) is 0.448. The zero-order valence-corrected chi connectivity index (χ0v) is 21.2. The van der Waals surface area contributed by atoms with Crippen LogP contribution in [0, 0.1) is 35.4 Å². The highest BCUT2D eigenvalue weighted by atomic mass is 19.1. The van der Waals surface area contributed by atoms with Gasteiger partial charge in [0.25, 0.3) is 5.91 Å². The molecule has 8 nitrogen and oxygen atoms in total. The van der Waals surface area contributed by atoms with Crippen molar-refractivity contribution in [1.82, 2.24) is 10.3 Å². The van der Waals surface area contributed by atoms with Crippen LogP contribution in [0.15, 0.2) is 48.7 Å². The highest BCUT2D eigenvalue weighted by molar-refractivity contribution is 5.78. The van der Waals surface area contributed by atoms with E-state index in [1.165, 1.54) is 12.1 Å². The third kappa shape index (κ3) is 5.56. The highest BCUT2D eigenvalue weighted by Crippen LogP contribution is 2.53. The molecule has 9 heteroatoms. The number of ether oxygens (including phenoxy) is 2. The monoisotopic (exact) mass is 521 g/mol. The topological polar surface area (TPSA) is 121 Å². The lowest BCUT2D eigenvalue weighted by atomic mass is 9.57. The molecule has 0 radical (unpaired) electrons. The number of nitrogens with zero attached hydrogens (tertiary/aromatic N) is 1. The number of cyclic esters (lactones) is 1. The smallest absolute Gasteiger partial charge is 0.407 e. The molecule has 3 N–H and O–H groups in total. The zero-order chi connectivity index (χ0) is 26.8. The average molecular weight is 522 g/mol. The van der Waals surface area contributed by atoms with Gasteiger partial charge in [-0.1, -0.05) is 24.3 Å². The molecule has 2 aromatic rings. The highest BCUT2D eigenvalue weighted by Gasteiger charge is 2.54. The second-order valence-electron chi connectivity index (χ2n) is 10.6. The third-order valence-electron chi connectivity index (χ3n) is 8.25. The summed E-state index contributed by atoms with van der Waals surface area (Å²) in [5, 5.41) is 2.85. The predicted octanol–water partition coefficient (Wildman–Crippen LogP) is 4.09. The van der Waals surface area contributed by atoms with Crippen molar-refractivity contribution in [2.75, 3.05) is 6.61 Å². The maximum Gasteiger partial charge on any atom is 0.407 e. The van der Waals surface area contributed by atoms with Crippen LogP contribution in [0.25, 0.3) is 17.2 Å². The first-order chi connectivity index (χ1) is 18.3. The molecule has 3 fully saturated rings. The van der Waals surface area contributed by atoms with E-state index in [0.717, 1.165) is 42.5 Å². The number of rotatable bonds is 6. The molecular weight excluding hydrogens is 489 g/mol. The van der Waals surface area contributed by atoms with Crippen molar-refractivity contribution >= 4 is 24.0 Å². The van der Waals surface area contributed by atoms with Crippen molar-refractivity contribution in [1.29, 1.82) is 0 Å². The number of esters is 1. The second-order valence-corrected chi connectivity index (χ2v) is 10.6. The summed E-state index contributed by atoms with van der Waals surface area (Å²) in [5.41, 5.74) is 7.44. The number of primary amides is 1. The van der Waals surface area contributed by atoms with Gasteiger partial charge in [-0.15, -0.1) is 0 Å². The van der Waals surface area contributed by atoms with Crippen molar-refractivity contribution in [3.05, 3.63) is 60.2 Å². The van der Waals surface area contributed by atoms with Crippen molar-refractivity contribution in [2.24, 2.45) is 35.3 Å². The van der Waals surface area contributed by atoms with Crippen LogP contribution in [0.4, 0.5) is 9.18 Å². The van der Waals surface area contributed by atoms with Crippen molar-refractivity contribution in [2.45, 2.75) is 44.8 Å². The molecule has 1 saturated heterocycles. The van der Waals surface area contributed by atoms with Crippen LogP contribution in [-0.2, 0) is 19.1 Å². The first kappa shape index (κ1) is 25.9. The number of hydrogen-bond donors (Lipinski definition) is 2. The summed E-state index contributed by atoms with van der Waals surface area (Å²) in [5.74, 6) is -0.508. The van der Waals surface area contributed by atoms with E-state index in [2.05, 4.69) is 16.4 Å². The lowest BCUT2D eigenvalue weighted by Gasteiger charge is -2.47. The number of halogens is 1. The van der Waals surface area contributed by atoms with Crippen molar-refractivity contribution in [3.63, 3.8) is 0 Å². The third-order valence-corrected chi connectivity index (χ3v) is 8.25. The van der Waals surface area contributed by atoms with E-state index in [1.807, 2.05) is 31.2 Å². The largest absolute Gasteiger partial charge is 0.462 e. The van der Waals surface area contributed by atoms with Gasteiger partial charge in [0.1, 0.15) is 11.9 Å². The summed E-state index contributed by atoms with van der Waals surface area (Å²) in [7, 11) is 0. The number of benzene rings is 1. The van der Waals surface area contributed by atoms with Crippen LogP contribution < -0.4 is 11.1 Å². The van der Waals surface area contributed by atoms with Gasteiger partial charge in [-0.3, -0.25) is 14.6 Å². The molecule has 38 heavy (non-hydrogen) atoms. The number of hydrogen-bond acceptors (Lipinski definition) is 6. The fourth-order valence-electron chi connectivity index (χ4n) is 6.64. The number of allylic oxidation sites excluding steroid dienone is 1. The number of carbonyl (C=O) groups is 3. The summed E-state index contributed by atoms with van der Waals surface area (Å²) in [4.78, 5) is 40.2. The van der Waals surface area contributed by atoms with Crippen LogP contribution in [-0.4, -0.2) is 41.7 Å². The molecule has 1 aliphatic heterocycles. The minimum Gasteiger partial charge on any atom is -0.462 e. The second kappa shape index (κ2) is 10.9. The Labute approximate surface area is 220 Å². The first-order valence-corrected chi connectivity index (χ1v) is 13.1. The Morgan fingerprint density at radius 2 is 2.05 bits per heavy atom. The SMILES string of the molecule is C[C@H]1OC(=O)[C@@H]2C[C@@H]3C[C@@H](NC(=O)OCC(N)=O)CC[C@H]3[C@H](C=Cc3ccc(-c4cccc(F)c4)cn3)[C@H]12. The number of amides is 2. The van der Waals surface area contributed by atoms with E-state index in [9.17, 15) is 18.8 Å². The van der Waals surface area contributed by atoms with Crippen molar-refractivity contribution in [3.8, 4) is 11.1 Å². The minimum absolute atomic E-state index is 0.0929. The molecule has 3 aliphatic rings. The molecule has 0 unspecified atom stereocenters. The first-order valence-electron chi connectivity index (χ1n) is 13.1. The van der Waals surface area contributed by atoms with Crippen LogP contribution >= 0.6 is 0 Å². The van der Waals surface area contributed by atoms with Gasteiger partial charge in [-0.25, -0.2) is 9.18 Å². The summed E-state index contributed by atoms with van der Waals surface area (Å²) < 4.78 is 24.1. The van der Waals surface area contributed by atoms with Crippen LogP contribution in [0.1, 0.15) is 38.3 Å². The van der Waals surface area contributed by atoms with Crippen molar-refractivity contribution < 1.29 is 28.2 Å². The number of aromatic nitrogens is 1. The van der Waals surface area contributed by atoms with Crippen LogP contribution in [0.3, 0.4) is 0 Å². The van der Waals surface area contributed by atoms with E-state index in [-0.39, 0.29) is 47.6 Å². The van der Waals surface area contributed by atoms with E-state index in [4.69, 9.17) is 15.2 Å². The lowest BCUT2D eigenvalue weighted by Crippen LogP contribution is -2.48. The lowest BCUT2D eigenvalue weighted by molar-refractivity contribution is -0.144. The molecular formula is C29H32FN3O5. The Kier molecular flexibility index (Phi) is 7.44. The number of nitrogens with one attached hydrogen (secondary N) is 1. The predicted molar refractivity (Wildman–Crippen MR) is 138 cm³/mol. The number of nitrogens with two attached hydrogens (primary N) is 1. The van der Waals surface area contributed by atoms with Crippen LogP contribution in [0.2, 0.25) is 0 Å². The molecule has 1 aromatic heterocycles. The molecule has 7 atom stereocenters. The summed E-state index contributed by atoms with van der Waals surface area (Å²) in [6.45, 7) is 1.51. The molecule has 2 saturated carbocycles. The minimum atomic E-state index is -0.705. The molecule has 2 amide bonds. The molecule has 200 valence electrons. The Hall–Kier alpha value is -3.75. The number of alkyl carbamates (subject to hydrolysis) is 1. The van der Waals surface area contributed by atoms with Crippen LogP contribution in [0.5, 0.6) is 0 Å². The Morgan fingerprint density at radius 3 is 2.79 bits per heavy atom. The Bertz CT molecular complexity index is 1230. The summed E-state index contributed by atoms with van der Waals surface area (Å²) in [6, 6.07) is 10.2. The van der Waals surface area contributed by atoms with E-state index < -0.39 is 18.6 Å². The average Bonchev–Trinajstić information content (AvgIpc) is 3.18. The van der Waals surface area contributed by atoms with Gasteiger partial charge < -0.3 is 20.5 Å². The molecule has 5 rings (SSSR count). The summed E-state index contributed by atoms with van der Waals surface area (Å²) in [6.07, 6.45) is 8.22. The van der Waals surface area contributed by atoms with Gasteiger partial charge in [0.2, 0.25) is 0 Å². The van der Waals surface area contributed by atoms with Gasteiger partial charge >= 0.3 is 12.1 Å². The van der Waals surface area contributed by atoms with Gasteiger partial charge in [0.15, 0.2) is 6.61 Å². The molecule has 2 aliphatic carbocycles. The fourth-order valence-corrected chi connectivity index (χ4v) is 6.64. The maximum absolute atomic E-state index is 13.6. The quantitative estimate of drug-likeness (QED) is 0.553. The standard InChI is InChI=1S/C29H32FN3O5/c1-16-27-24(10-7-21-6-5-18(14-32-21)17-3-2-4-20(30)11-17)23-9-8-22(33-29(36)37-15-26(31)34)12-19(23)13-25(27)28(35)38-16/h2-7,10-11,14,16,19,22-25,27H,8-9,12-13,15H2,1H3,(H2,31,34)(H,33,36)/t16-,19+,22+,23-,24+,25-,27+/m1/s1. The van der Waals surface area contributed by atoms with Gasteiger partial charge in [-0.2, -0.15) is 0 Å². The van der Waals surface area contributed by atoms with E-state index >= 15 is 0 Å². The molecule has 0 bridgehead atoms. The zero-order valence-electron chi connectivity index (χ0n) is 21.2. The van der Waals surface area contributed by atoms with Gasteiger partial charge in [0.05, 0.1) is 11.6 Å². The number of pyridine rings is 1. The Balaban J connectivity index is 1.31. The number of fused-ring (bicyclic) bond motifs is 2. The van der Waals surface area contributed by atoms with E-state index in [0.29, 0.717) is 5.92 Å². The number of carbonyl (C=O) groups excluding carboxylic acids is 3. The normalized spacial score (nSPS) is 30.3. The van der Waals surface area contributed by atoms with Gasteiger partial charge in [-0.05, 0) is 80.2 Å². The molecule has 1 aromatic carbocycles. The molecule has 2 heterocycles. The van der Waals surface area contributed by atoms with E-state index in [1.54, 1.807) is 12.3 Å². The molecule has 0 spiro atoms. The Morgan fingerprint density at radius 1 is 1.21 bits per heavy atom.